The molecular weight excluding hydrogens is 290 g/mol. The summed E-state index contributed by atoms with van der Waals surface area (Å²) < 4.78 is 0. The first-order valence-corrected chi connectivity index (χ1v) is 8.20. The highest BCUT2D eigenvalue weighted by molar-refractivity contribution is 5.93. The van der Waals surface area contributed by atoms with E-state index in [4.69, 9.17) is 0 Å². The third-order valence-corrected chi connectivity index (χ3v) is 4.70. The molecule has 0 spiro atoms. The molecule has 2 aromatic rings. The average molecular weight is 309 g/mol. The van der Waals surface area contributed by atoms with Crippen molar-refractivity contribution in [1.29, 1.82) is 0 Å². The Morgan fingerprint density at radius 3 is 2.83 bits per heavy atom. The standard InChI is InChI=1S/C18H19N3O2/c22-17(14-10-19-16(12-8-9-12)21-18(14)23)20-15-7-3-5-11-4-1-2-6-13(11)15/h1-2,4,6,10,12,15H,3,5,7-9H2,(H,20,22)(H,19,21,23)/t15-/m0/s1. The zero-order chi connectivity index (χ0) is 15.8. The number of amides is 1. The van der Waals surface area contributed by atoms with Gasteiger partial charge in [0, 0.05) is 12.1 Å². The fraction of sp³-hybridized carbons (Fsp3) is 0.389. The molecule has 1 saturated carbocycles. The van der Waals surface area contributed by atoms with Gasteiger partial charge < -0.3 is 10.3 Å². The molecule has 2 aliphatic rings. The second-order valence-electron chi connectivity index (χ2n) is 6.40. The number of nitrogens with zero attached hydrogens (tertiary/aromatic N) is 1. The predicted molar refractivity (Wildman–Crippen MR) is 86.4 cm³/mol. The van der Waals surface area contributed by atoms with Crippen molar-refractivity contribution >= 4 is 5.91 Å². The molecule has 118 valence electrons. The van der Waals surface area contributed by atoms with Gasteiger partial charge in [0.05, 0.1) is 6.04 Å². The first kappa shape index (κ1) is 14.2. The lowest BCUT2D eigenvalue weighted by molar-refractivity contribution is 0.0930. The zero-order valence-corrected chi connectivity index (χ0v) is 12.8. The molecule has 0 unspecified atom stereocenters. The summed E-state index contributed by atoms with van der Waals surface area (Å²) in [7, 11) is 0. The highest BCUT2D eigenvalue weighted by Crippen LogP contribution is 2.37. The van der Waals surface area contributed by atoms with Crippen LogP contribution in [0.25, 0.3) is 0 Å². The van der Waals surface area contributed by atoms with Crippen LogP contribution in [0.2, 0.25) is 0 Å². The van der Waals surface area contributed by atoms with Gasteiger partial charge in [0.1, 0.15) is 11.4 Å². The van der Waals surface area contributed by atoms with Gasteiger partial charge in [-0.2, -0.15) is 0 Å². The van der Waals surface area contributed by atoms with Crippen LogP contribution in [0.3, 0.4) is 0 Å². The summed E-state index contributed by atoms with van der Waals surface area (Å²) in [4.78, 5) is 31.6. The van der Waals surface area contributed by atoms with E-state index < -0.39 is 0 Å². The van der Waals surface area contributed by atoms with Crippen LogP contribution in [-0.2, 0) is 6.42 Å². The Hall–Kier alpha value is -2.43. The lowest BCUT2D eigenvalue weighted by Crippen LogP contribution is -2.34. The quantitative estimate of drug-likeness (QED) is 0.914. The van der Waals surface area contributed by atoms with E-state index >= 15 is 0 Å². The Morgan fingerprint density at radius 1 is 1.22 bits per heavy atom. The lowest BCUT2D eigenvalue weighted by atomic mass is 9.87. The van der Waals surface area contributed by atoms with Crippen LogP contribution >= 0.6 is 0 Å². The van der Waals surface area contributed by atoms with Crippen molar-refractivity contribution in [1.82, 2.24) is 15.3 Å². The Labute approximate surface area is 134 Å². The molecule has 1 atom stereocenters. The van der Waals surface area contributed by atoms with Crippen molar-refractivity contribution in [3.8, 4) is 0 Å². The molecule has 1 aromatic heterocycles. The Balaban J connectivity index is 1.56. The molecule has 0 radical (unpaired) electrons. The molecule has 0 bridgehead atoms. The van der Waals surface area contributed by atoms with Crippen molar-refractivity contribution in [3.63, 3.8) is 0 Å². The first-order chi connectivity index (χ1) is 11.2. The minimum atomic E-state index is -0.345. The van der Waals surface area contributed by atoms with Crippen LogP contribution in [0.1, 0.15) is 65.0 Å². The van der Waals surface area contributed by atoms with Crippen molar-refractivity contribution in [2.75, 3.05) is 0 Å². The lowest BCUT2D eigenvalue weighted by Gasteiger charge is -2.26. The monoisotopic (exact) mass is 309 g/mol. The summed E-state index contributed by atoms with van der Waals surface area (Å²) in [5.74, 6) is 0.724. The van der Waals surface area contributed by atoms with E-state index in [0.29, 0.717) is 11.7 Å². The minimum absolute atomic E-state index is 0.0324. The van der Waals surface area contributed by atoms with Gasteiger partial charge in [0.15, 0.2) is 0 Å². The first-order valence-electron chi connectivity index (χ1n) is 8.20. The van der Waals surface area contributed by atoms with E-state index in [2.05, 4.69) is 27.4 Å². The third-order valence-electron chi connectivity index (χ3n) is 4.70. The van der Waals surface area contributed by atoms with Crippen molar-refractivity contribution in [3.05, 3.63) is 63.3 Å². The number of fused-ring (bicyclic) bond motifs is 1. The van der Waals surface area contributed by atoms with Gasteiger partial charge in [-0.1, -0.05) is 24.3 Å². The van der Waals surface area contributed by atoms with Gasteiger partial charge in [0.2, 0.25) is 0 Å². The Kier molecular flexibility index (Phi) is 3.48. The fourth-order valence-corrected chi connectivity index (χ4v) is 3.27. The number of aromatic nitrogens is 2. The van der Waals surface area contributed by atoms with Crippen LogP contribution in [0.4, 0.5) is 0 Å². The Morgan fingerprint density at radius 2 is 2.04 bits per heavy atom. The van der Waals surface area contributed by atoms with Crippen molar-refractivity contribution < 1.29 is 4.79 Å². The minimum Gasteiger partial charge on any atom is -0.345 e. The summed E-state index contributed by atoms with van der Waals surface area (Å²) in [6, 6.07) is 8.14. The second-order valence-corrected chi connectivity index (χ2v) is 6.40. The molecular formula is C18H19N3O2. The number of rotatable bonds is 3. The highest BCUT2D eigenvalue weighted by Gasteiger charge is 2.27. The maximum Gasteiger partial charge on any atom is 0.263 e. The van der Waals surface area contributed by atoms with E-state index in [0.717, 1.165) is 37.7 Å². The van der Waals surface area contributed by atoms with Crippen molar-refractivity contribution in [2.24, 2.45) is 0 Å². The van der Waals surface area contributed by atoms with E-state index in [-0.39, 0.29) is 23.1 Å². The molecule has 1 heterocycles. The van der Waals surface area contributed by atoms with Gasteiger partial charge in [-0.25, -0.2) is 4.98 Å². The summed E-state index contributed by atoms with van der Waals surface area (Å²) in [6.45, 7) is 0. The number of benzene rings is 1. The topological polar surface area (TPSA) is 74.8 Å². The summed E-state index contributed by atoms with van der Waals surface area (Å²) in [5.41, 5.74) is 2.19. The molecule has 1 aromatic carbocycles. The molecule has 0 aliphatic heterocycles. The number of carbonyl (C=O) groups excluding carboxylic acids is 1. The third kappa shape index (κ3) is 2.79. The number of carbonyl (C=O) groups is 1. The van der Waals surface area contributed by atoms with E-state index in [1.54, 1.807) is 0 Å². The SMILES string of the molecule is O=C(N[C@H]1CCCc2ccccc21)c1cnc(C2CC2)[nH]c1=O. The number of hydrogen-bond acceptors (Lipinski definition) is 3. The van der Waals surface area contributed by atoms with Gasteiger partial charge in [-0.15, -0.1) is 0 Å². The number of hydrogen-bond donors (Lipinski definition) is 2. The van der Waals surface area contributed by atoms with E-state index in [1.165, 1.54) is 11.8 Å². The summed E-state index contributed by atoms with van der Waals surface area (Å²) in [5, 5.41) is 3.00. The highest BCUT2D eigenvalue weighted by atomic mass is 16.2. The molecule has 2 aliphatic carbocycles. The van der Waals surface area contributed by atoms with Crippen LogP contribution in [0, 0.1) is 0 Å². The largest absolute Gasteiger partial charge is 0.345 e. The fourth-order valence-electron chi connectivity index (χ4n) is 3.27. The Bertz CT molecular complexity index is 808. The molecule has 1 amide bonds. The molecule has 1 fully saturated rings. The van der Waals surface area contributed by atoms with Crippen LogP contribution in [0.15, 0.2) is 35.3 Å². The van der Waals surface area contributed by atoms with Gasteiger partial charge in [-0.3, -0.25) is 9.59 Å². The number of aryl methyl sites for hydroxylation is 1. The van der Waals surface area contributed by atoms with Gasteiger partial charge >= 0.3 is 0 Å². The molecule has 0 saturated heterocycles. The van der Waals surface area contributed by atoms with Crippen molar-refractivity contribution in [2.45, 2.75) is 44.1 Å². The number of aromatic amines is 1. The summed E-state index contributed by atoms with van der Waals surface area (Å²) >= 11 is 0. The maximum absolute atomic E-state index is 12.5. The van der Waals surface area contributed by atoms with Gasteiger partial charge in [-0.05, 0) is 43.2 Å². The zero-order valence-electron chi connectivity index (χ0n) is 12.8. The molecule has 5 nitrogen and oxygen atoms in total. The number of H-pyrrole nitrogens is 1. The van der Waals surface area contributed by atoms with E-state index in [9.17, 15) is 9.59 Å². The maximum atomic E-state index is 12.5. The molecule has 23 heavy (non-hydrogen) atoms. The van der Waals surface area contributed by atoms with Crippen LogP contribution in [0.5, 0.6) is 0 Å². The van der Waals surface area contributed by atoms with Crippen LogP contribution < -0.4 is 10.9 Å². The molecule has 5 heteroatoms. The summed E-state index contributed by atoms with van der Waals surface area (Å²) in [6.07, 6.45) is 6.52. The van der Waals surface area contributed by atoms with E-state index in [1.807, 2.05) is 12.1 Å². The van der Waals surface area contributed by atoms with Gasteiger partial charge in [0.25, 0.3) is 11.5 Å². The molecule has 2 N–H and O–H groups in total. The normalized spacial score (nSPS) is 19.9. The van der Waals surface area contributed by atoms with Crippen LogP contribution in [-0.4, -0.2) is 15.9 Å². The average Bonchev–Trinajstić information content (AvgIpc) is 3.40. The predicted octanol–water partition coefficient (Wildman–Crippen LogP) is 2.45. The smallest absolute Gasteiger partial charge is 0.263 e. The second kappa shape index (κ2) is 5.65. The molecule has 4 rings (SSSR count). The number of nitrogens with one attached hydrogen (secondary N) is 2.